The molecule has 128 valence electrons. The highest BCUT2D eigenvalue weighted by Crippen LogP contribution is 2.34. The molecule has 26 heavy (non-hydrogen) atoms. The summed E-state index contributed by atoms with van der Waals surface area (Å²) >= 11 is 0. The first kappa shape index (κ1) is 16.1. The van der Waals surface area contributed by atoms with E-state index in [4.69, 9.17) is 9.47 Å². The van der Waals surface area contributed by atoms with Gasteiger partial charge in [0, 0.05) is 16.3 Å². The van der Waals surface area contributed by atoms with Crippen molar-refractivity contribution in [3.63, 3.8) is 0 Å². The summed E-state index contributed by atoms with van der Waals surface area (Å²) in [6.07, 6.45) is 1.75. The molecule has 4 heteroatoms. The van der Waals surface area contributed by atoms with Gasteiger partial charge in [0.2, 0.25) is 0 Å². The Labute approximate surface area is 152 Å². The smallest absolute Gasteiger partial charge is 0.128 e. The molecule has 0 saturated heterocycles. The lowest BCUT2D eigenvalue weighted by Crippen LogP contribution is -1.93. The van der Waals surface area contributed by atoms with Gasteiger partial charge in [0.05, 0.1) is 13.3 Å². The van der Waals surface area contributed by atoms with E-state index >= 15 is 0 Å². The van der Waals surface area contributed by atoms with Gasteiger partial charge in [-0.2, -0.15) is 5.10 Å². The van der Waals surface area contributed by atoms with Crippen molar-refractivity contribution < 1.29 is 9.47 Å². The highest BCUT2D eigenvalue weighted by Gasteiger charge is 2.12. The fourth-order valence-electron chi connectivity index (χ4n) is 2.91. The van der Waals surface area contributed by atoms with Crippen molar-refractivity contribution in [3.8, 4) is 28.5 Å². The van der Waals surface area contributed by atoms with Crippen molar-refractivity contribution in [2.45, 2.75) is 6.92 Å². The van der Waals surface area contributed by atoms with Crippen LogP contribution in [-0.4, -0.2) is 17.3 Å². The third kappa shape index (κ3) is 3.09. The monoisotopic (exact) mass is 342 g/mol. The number of hydrogen-bond acceptors (Lipinski definition) is 4. The number of methoxy groups -OCH3 is 1. The van der Waals surface area contributed by atoms with Gasteiger partial charge in [0.1, 0.15) is 22.9 Å². The quantitative estimate of drug-likeness (QED) is 0.498. The Hall–Kier alpha value is -3.40. The van der Waals surface area contributed by atoms with Crippen molar-refractivity contribution in [3.05, 3.63) is 78.5 Å². The number of ether oxygens (including phenoxy) is 2. The number of nitrogens with zero attached hydrogens (tertiary/aromatic N) is 2. The summed E-state index contributed by atoms with van der Waals surface area (Å²) in [5, 5.41) is 10.5. The van der Waals surface area contributed by atoms with Crippen LogP contribution in [0.4, 0.5) is 0 Å². The minimum absolute atomic E-state index is 0.764. The van der Waals surface area contributed by atoms with Crippen molar-refractivity contribution >= 4 is 10.8 Å². The van der Waals surface area contributed by atoms with Gasteiger partial charge in [-0.1, -0.05) is 29.8 Å². The summed E-state index contributed by atoms with van der Waals surface area (Å²) in [7, 11) is 1.66. The van der Waals surface area contributed by atoms with E-state index in [1.54, 1.807) is 13.3 Å². The Bertz CT molecular complexity index is 1060. The summed E-state index contributed by atoms with van der Waals surface area (Å²) in [6.45, 7) is 2.05. The third-order valence-corrected chi connectivity index (χ3v) is 4.25. The number of benzene rings is 3. The number of aromatic nitrogens is 2. The molecule has 1 aromatic heterocycles. The molecule has 0 radical (unpaired) electrons. The summed E-state index contributed by atoms with van der Waals surface area (Å²) in [6, 6.07) is 21.7. The molecule has 4 nitrogen and oxygen atoms in total. The summed E-state index contributed by atoms with van der Waals surface area (Å²) < 4.78 is 11.4. The molecule has 0 aliphatic heterocycles. The molecule has 0 unspecified atom stereocenters. The van der Waals surface area contributed by atoms with E-state index in [2.05, 4.69) is 17.1 Å². The second-order valence-electron chi connectivity index (χ2n) is 6.06. The number of para-hydroxylation sites is 1. The standard InChI is InChI=1S/C22H18N2O2/c1-15-7-9-17(10-8-15)26-18-11-12-19-16(13-18)14-23-24-22(19)20-5-3-4-6-21(20)25-2/h3-14H,1-2H3. The largest absolute Gasteiger partial charge is 0.496 e. The molecule has 1 heterocycles. The Morgan fingerprint density at radius 2 is 1.62 bits per heavy atom. The minimum Gasteiger partial charge on any atom is -0.496 e. The maximum absolute atomic E-state index is 5.96. The Morgan fingerprint density at radius 1 is 0.846 bits per heavy atom. The van der Waals surface area contributed by atoms with Crippen LogP contribution < -0.4 is 9.47 Å². The van der Waals surface area contributed by atoms with E-state index in [1.165, 1.54) is 5.56 Å². The van der Waals surface area contributed by atoms with Crippen molar-refractivity contribution in [1.29, 1.82) is 0 Å². The predicted molar refractivity (Wildman–Crippen MR) is 103 cm³/mol. The van der Waals surface area contributed by atoms with Gasteiger partial charge in [-0.3, -0.25) is 0 Å². The molecule has 4 aromatic rings. The maximum Gasteiger partial charge on any atom is 0.128 e. The Balaban J connectivity index is 1.75. The number of fused-ring (bicyclic) bond motifs is 1. The first-order valence-electron chi connectivity index (χ1n) is 8.38. The Morgan fingerprint density at radius 3 is 2.42 bits per heavy atom. The molecular formula is C22H18N2O2. The molecule has 0 fully saturated rings. The number of hydrogen-bond donors (Lipinski definition) is 0. The van der Waals surface area contributed by atoms with Crippen LogP contribution in [0.5, 0.6) is 17.2 Å². The SMILES string of the molecule is COc1ccccc1-c1nncc2cc(Oc3ccc(C)cc3)ccc12. The van der Waals surface area contributed by atoms with Crippen LogP contribution in [-0.2, 0) is 0 Å². The second kappa shape index (κ2) is 6.84. The number of aryl methyl sites for hydroxylation is 1. The number of rotatable bonds is 4. The lowest BCUT2D eigenvalue weighted by Gasteiger charge is -2.11. The average Bonchev–Trinajstić information content (AvgIpc) is 2.69. The van der Waals surface area contributed by atoms with Gasteiger partial charge >= 0.3 is 0 Å². The fraction of sp³-hybridized carbons (Fsp3) is 0.0909. The van der Waals surface area contributed by atoms with Gasteiger partial charge in [-0.25, -0.2) is 0 Å². The normalized spacial score (nSPS) is 10.7. The van der Waals surface area contributed by atoms with Crippen LogP contribution in [0.1, 0.15) is 5.56 Å². The fourth-order valence-corrected chi connectivity index (χ4v) is 2.91. The molecule has 0 aliphatic rings. The van der Waals surface area contributed by atoms with E-state index in [9.17, 15) is 0 Å². The second-order valence-corrected chi connectivity index (χ2v) is 6.06. The molecule has 3 aromatic carbocycles. The van der Waals surface area contributed by atoms with Gasteiger partial charge in [-0.05, 0) is 49.4 Å². The van der Waals surface area contributed by atoms with Crippen LogP contribution in [0.3, 0.4) is 0 Å². The topological polar surface area (TPSA) is 44.2 Å². The Kier molecular flexibility index (Phi) is 4.23. The molecule has 0 spiro atoms. The maximum atomic E-state index is 5.96. The van der Waals surface area contributed by atoms with Crippen LogP contribution in [0.2, 0.25) is 0 Å². The van der Waals surface area contributed by atoms with E-state index in [1.807, 2.05) is 66.7 Å². The van der Waals surface area contributed by atoms with Crippen LogP contribution in [0, 0.1) is 6.92 Å². The van der Waals surface area contributed by atoms with Gasteiger partial charge < -0.3 is 9.47 Å². The van der Waals surface area contributed by atoms with E-state index in [-0.39, 0.29) is 0 Å². The van der Waals surface area contributed by atoms with Gasteiger partial charge in [0.15, 0.2) is 0 Å². The zero-order chi connectivity index (χ0) is 17.9. The third-order valence-electron chi connectivity index (χ3n) is 4.25. The average molecular weight is 342 g/mol. The van der Waals surface area contributed by atoms with Crippen LogP contribution in [0.25, 0.3) is 22.0 Å². The minimum atomic E-state index is 0.764. The lowest BCUT2D eigenvalue weighted by atomic mass is 10.0. The highest BCUT2D eigenvalue weighted by atomic mass is 16.5. The van der Waals surface area contributed by atoms with Crippen LogP contribution >= 0.6 is 0 Å². The van der Waals surface area contributed by atoms with Gasteiger partial charge in [0.25, 0.3) is 0 Å². The molecule has 0 atom stereocenters. The van der Waals surface area contributed by atoms with E-state index in [0.29, 0.717) is 0 Å². The van der Waals surface area contributed by atoms with Crippen molar-refractivity contribution in [2.24, 2.45) is 0 Å². The zero-order valence-corrected chi connectivity index (χ0v) is 14.6. The van der Waals surface area contributed by atoms with Crippen molar-refractivity contribution in [2.75, 3.05) is 7.11 Å². The van der Waals surface area contributed by atoms with E-state index in [0.717, 1.165) is 39.3 Å². The zero-order valence-electron chi connectivity index (χ0n) is 14.6. The predicted octanol–water partition coefficient (Wildman–Crippen LogP) is 5.41. The van der Waals surface area contributed by atoms with Crippen molar-refractivity contribution in [1.82, 2.24) is 10.2 Å². The first-order chi connectivity index (χ1) is 12.7. The molecule has 0 bridgehead atoms. The summed E-state index contributed by atoms with van der Waals surface area (Å²) in [5.41, 5.74) is 2.91. The molecule has 0 amide bonds. The van der Waals surface area contributed by atoms with Gasteiger partial charge in [-0.15, -0.1) is 5.10 Å². The molecule has 4 rings (SSSR count). The summed E-state index contributed by atoms with van der Waals surface area (Å²) in [4.78, 5) is 0. The molecular weight excluding hydrogens is 324 g/mol. The molecule has 0 saturated carbocycles. The highest BCUT2D eigenvalue weighted by molar-refractivity contribution is 5.95. The molecule has 0 aliphatic carbocycles. The first-order valence-corrected chi connectivity index (χ1v) is 8.38. The van der Waals surface area contributed by atoms with E-state index < -0.39 is 0 Å². The molecule has 0 N–H and O–H groups in total. The van der Waals surface area contributed by atoms with Crippen LogP contribution in [0.15, 0.2) is 72.9 Å². The summed E-state index contributed by atoms with van der Waals surface area (Å²) in [5.74, 6) is 2.34. The lowest BCUT2D eigenvalue weighted by molar-refractivity contribution is 0.416.